The first kappa shape index (κ1) is 16.0. The third kappa shape index (κ3) is 3.65. The molecule has 2 aromatic carbocycles. The van der Waals surface area contributed by atoms with Crippen LogP contribution in [0.15, 0.2) is 42.5 Å². The lowest BCUT2D eigenvalue weighted by atomic mass is 9.86. The lowest BCUT2D eigenvalue weighted by molar-refractivity contribution is 0.409. The molecule has 0 saturated carbocycles. The van der Waals surface area contributed by atoms with Crippen LogP contribution in [0.5, 0.6) is 5.75 Å². The van der Waals surface area contributed by atoms with E-state index in [1.54, 1.807) is 13.2 Å². The molecule has 0 aliphatic rings. The molecule has 0 aliphatic heterocycles. The van der Waals surface area contributed by atoms with E-state index in [9.17, 15) is 4.39 Å². The summed E-state index contributed by atoms with van der Waals surface area (Å²) in [7, 11) is 1.60. The van der Waals surface area contributed by atoms with Crippen LogP contribution in [0.3, 0.4) is 0 Å². The Labute approximate surface area is 134 Å². The first-order valence-electron chi connectivity index (χ1n) is 6.91. The van der Waals surface area contributed by atoms with Crippen molar-refractivity contribution < 1.29 is 9.13 Å². The molecule has 0 aliphatic carbocycles. The minimum absolute atomic E-state index is 0.0998. The molecule has 112 valence electrons. The van der Waals surface area contributed by atoms with Crippen molar-refractivity contribution in [2.45, 2.75) is 31.0 Å². The van der Waals surface area contributed by atoms with Crippen LogP contribution in [0.25, 0.3) is 0 Å². The van der Waals surface area contributed by atoms with Crippen molar-refractivity contribution in [1.82, 2.24) is 0 Å². The van der Waals surface area contributed by atoms with Crippen LogP contribution in [0.4, 0.5) is 4.39 Å². The highest BCUT2D eigenvalue weighted by atomic mass is 79.9. The molecule has 0 heterocycles. The van der Waals surface area contributed by atoms with E-state index in [0.29, 0.717) is 5.75 Å². The first-order chi connectivity index (χ1) is 9.82. The monoisotopic (exact) mass is 350 g/mol. The molecule has 0 fully saturated rings. The topological polar surface area (TPSA) is 9.23 Å². The summed E-state index contributed by atoms with van der Waals surface area (Å²) in [6.07, 6.45) is 0. The van der Waals surface area contributed by atoms with Gasteiger partial charge in [0.1, 0.15) is 11.6 Å². The van der Waals surface area contributed by atoms with Crippen molar-refractivity contribution in [3.63, 3.8) is 0 Å². The molecule has 1 atom stereocenters. The summed E-state index contributed by atoms with van der Waals surface area (Å²) in [5, 5.41) is 0. The Morgan fingerprint density at radius 1 is 1.05 bits per heavy atom. The van der Waals surface area contributed by atoms with Crippen molar-refractivity contribution in [1.29, 1.82) is 0 Å². The van der Waals surface area contributed by atoms with Crippen LogP contribution in [-0.4, -0.2) is 7.11 Å². The van der Waals surface area contributed by atoms with Crippen molar-refractivity contribution >= 4 is 15.9 Å². The van der Waals surface area contributed by atoms with Gasteiger partial charge in [0.05, 0.1) is 11.9 Å². The van der Waals surface area contributed by atoms with Gasteiger partial charge in [-0.15, -0.1) is 0 Å². The maximum atomic E-state index is 13.5. The summed E-state index contributed by atoms with van der Waals surface area (Å²) in [6, 6.07) is 13.0. The molecule has 0 spiro atoms. The molecule has 21 heavy (non-hydrogen) atoms. The van der Waals surface area contributed by atoms with Crippen LogP contribution >= 0.6 is 15.9 Å². The highest BCUT2D eigenvalue weighted by Gasteiger charge is 2.18. The van der Waals surface area contributed by atoms with E-state index in [0.717, 1.165) is 11.1 Å². The highest BCUT2D eigenvalue weighted by Crippen LogP contribution is 2.37. The number of hydrogen-bond donors (Lipinski definition) is 0. The zero-order valence-electron chi connectivity index (χ0n) is 12.8. The lowest BCUT2D eigenvalue weighted by Gasteiger charge is -2.20. The van der Waals surface area contributed by atoms with Crippen molar-refractivity contribution in [2.75, 3.05) is 7.11 Å². The van der Waals surface area contributed by atoms with E-state index >= 15 is 0 Å². The molecule has 0 N–H and O–H groups in total. The van der Waals surface area contributed by atoms with Gasteiger partial charge in [-0.1, -0.05) is 61.0 Å². The van der Waals surface area contributed by atoms with Gasteiger partial charge in [0.25, 0.3) is 0 Å². The van der Waals surface area contributed by atoms with E-state index in [1.807, 2.05) is 0 Å². The predicted octanol–water partition coefficient (Wildman–Crippen LogP) is 5.62. The molecule has 3 heteroatoms. The van der Waals surface area contributed by atoms with Gasteiger partial charge in [-0.05, 0) is 34.7 Å². The van der Waals surface area contributed by atoms with Gasteiger partial charge in [0.2, 0.25) is 0 Å². The first-order valence-corrected chi connectivity index (χ1v) is 7.82. The largest absolute Gasteiger partial charge is 0.496 e. The average molecular weight is 351 g/mol. The summed E-state index contributed by atoms with van der Waals surface area (Å²) < 4.78 is 18.8. The Kier molecular flexibility index (Phi) is 4.72. The molecule has 2 rings (SSSR count). The van der Waals surface area contributed by atoms with E-state index in [-0.39, 0.29) is 16.1 Å². The summed E-state index contributed by atoms with van der Waals surface area (Å²) in [5.41, 5.74) is 3.27. The second-order valence-corrected chi connectivity index (χ2v) is 7.04. The molecule has 0 saturated heterocycles. The van der Waals surface area contributed by atoms with Crippen molar-refractivity contribution in [2.24, 2.45) is 0 Å². The average Bonchev–Trinajstić information content (AvgIpc) is 2.45. The number of benzene rings is 2. The van der Waals surface area contributed by atoms with Gasteiger partial charge >= 0.3 is 0 Å². The molecule has 0 radical (unpaired) electrons. The zero-order valence-corrected chi connectivity index (χ0v) is 14.4. The number of halogens is 2. The highest BCUT2D eigenvalue weighted by molar-refractivity contribution is 9.09. The molecule has 0 bridgehead atoms. The Bertz CT molecular complexity index is 614. The van der Waals surface area contributed by atoms with Crippen molar-refractivity contribution in [3.05, 3.63) is 65.0 Å². The molecule has 1 unspecified atom stereocenters. The molecular formula is C18H20BrFO. The van der Waals surface area contributed by atoms with Crippen LogP contribution in [0.1, 0.15) is 42.3 Å². The maximum Gasteiger partial charge on any atom is 0.123 e. The van der Waals surface area contributed by atoms with Gasteiger partial charge < -0.3 is 4.74 Å². The van der Waals surface area contributed by atoms with E-state index < -0.39 is 0 Å². The minimum atomic E-state index is -0.262. The predicted molar refractivity (Wildman–Crippen MR) is 88.9 cm³/mol. The van der Waals surface area contributed by atoms with Crippen LogP contribution in [0.2, 0.25) is 0 Å². The zero-order chi connectivity index (χ0) is 15.6. The standard InChI is InChI=1S/C18H20BrFO/c1-18(2,3)13-7-5-12(6-8-13)17(19)15-11-14(20)9-10-16(15)21-4/h5-11,17H,1-4H3. The van der Waals surface area contributed by atoms with Crippen LogP contribution in [-0.2, 0) is 5.41 Å². The van der Waals surface area contributed by atoms with Crippen molar-refractivity contribution in [3.8, 4) is 5.75 Å². The van der Waals surface area contributed by atoms with Crippen LogP contribution in [0, 0.1) is 5.82 Å². The van der Waals surface area contributed by atoms with E-state index in [2.05, 4.69) is 61.0 Å². The SMILES string of the molecule is COc1ccc(F)cc1C(Br)c1ccc(C(C)(C)C)cc1. The second kappa shape index (κ2) is 6.18. The van der Waals surface area contributed by atoms with E-state index in [4.69, 9.17) is 4.74 Å². The molecule has 0 aromatic heterocycles. The fraction of sp³-hybridized carbons (Fsp3) is 0.333. The normalized spacial score (nSPS) is 13.0. The Balaban J connectivity index is 2.36. The van der Waals surface area contributed by atoms with E-state index in [1.165, 1.54) is 17.7 Å². The summed E-state index contributed by atoms with van der Waals surface area (Å²) in [6.45, 7) is 6.55. The van der Waals surface area contributed by atoms with Gasteiger partial charge in [-0.2, -0.15) is 0 Å². The summed E-state index contributed by atoms with van der Waals surface area (Å²) in [5.74, 6) is 0.416. The molecular weight excluding hydrogens is 331 g/mol. The molecule has 0 amide bonds. The number of rotatable bonds is 3. The number of alkyl halides is 1. The number of hydrogen-bond acceptors (Lipinski definition) is 1. The quantitative estimate of drug-likeness (QED) is 0.653. The Hall–Kier alpha value is -1.35. The van der Waals surface area contributed by atoms with Crippen LogP contribution < -0.4 is 4.74 Å². The van der Waals surface area contributed by atoms with Gasteiger partial charge in [0.15, 0.2) is 0 Å². The number of ether oxygens (including phenoxy) is 1. The summed E-state index contributed by atoms with van der Waals surface area (Å²) >= 11 is 3.65. The second-order valence-electron chi connectivity index (χ2n) is 6.12. The third-order valence-electron chi connectivity index (χ3n) is 3.53. The van der Waals surface area contributed by atoms with Gasteiger partial charge in [-0.3, -0.25) is 0 Å². The van der Waals surface area contributed by atoms with Gasteiger partial charge in [0, 0.05) is 5.56 Å². The Morgan fingerprint density at radius 3 is 2.19 bits per heavy atom. The Morgan fingerprint density at radius 2 is 1.67 bits per heavy atom. The maximum absolute atomic E-state index is 13.5. The number of methoxy groups -OCH3 is 1. The summed E-state index contributed by atoms with van der Waals surface area (Å²) in [4.78, 5) is -0.0998. The smallest absolute Gasteiger partial charge is 0.123 e. The lowest BCUT2D eigenvalue weighted by Crippen LogP contribution is -2.10. The van der Waals surface area contributed by atoms with Gasteiger partial charge in [-0.25, -0.2) is 4.39 Å². The fourth-order valence-corrected chi connectivity index (χ4v) is 2.90. The molecule has 1 nitrogen and oxygen atoms in total. The fourth-order valence-electron chi connectivity index (χ4n) is 2.23. The third-order valence-corrected chi connectivity index (χ3v) is 4.56. The molecule has 2 aromatic rings. The minimum Gasteiger partial charge on any atom is -0.496 e.